The molecule has 0 saturated heterocycles. The highest BCUT2D eigenvalue weighted by molar-refractivity contribution is 9.10. The average Bonchev–Trinajstić information content (AvgIpc) is 2.21. The van der Waals surface area contributed by atoms with Gasteiger partial charge in [0.1, 0.15) is 5.82 Å². The Hall–Kier alpha value is -0.610. The molecule has 1 aromatic heterocycles. The lowest BCUT2D eigenvalue weighted by Gasteiger charge is -2.31. The van der Waals surface area contributed by atoms with Crippen molar-refractivity contribution in [1.29, 1.82) is 0 Å². The molecule has 0 bridgehead atoms. The van der Waals surface area contributed by atoms with Crippen molar-refractivity contribution < 1.29 is 0 Å². The Bertz CT molecular complexity index is 366. The molecule has 1 heterocycles. The number of nitrogens with zero attached hydrogens (tertiary/aromatic N) is 3. The van der Waals surface area contributed by atoms with Gasteiger partial charge < -0.3 is 9.80 Å². The van der Waals surface area contributed by atoms with Crippen LogP contribution < -0.4 is 4.90 Å². The monoisotopic (exact) mass is 299 g/mol. The lowest BCUT2D eigenvalue weighted by atomic mass is 10.2. The number of aryl methyl sites for hydroxylation is 1. The van der Waals surface area contributed by atoms with E-state index in [1.807, 2.05) is 6.20 Å². The molecular weight excluding hydrogens is 278 g/mol. The fraction of sp³-hybridized carbons (Fsp3) is 0.615. The Morgan fingerprint density at radius 1 is 1.41 bits per heavy atom. The van der Waals surface area contributed by atoms with Gasteiger partial charge >= 0.3 is 0 Å². The van der Waals surface area contributed by atoms with Crippen LogP contribution in [0.2, 0.25) is 0 Å². The SMILES string of the molecule is CCN(c1ncc(C)cc1Br)C(C)CN(C)C. The molecule has 0 amide bonds. The Labute approximate surface area is 113 Å². The van der Waals surface area contributed by atoms with Gasteiger partial charge in [-0.25, -0.2) is 4.98 Å². The van der Waals surface area contributed by atoms with Crippen molar-refractivity contribution in [1.82, 2.24) is 9.88 Å². The van der Waals surface area contributed by atoms with Crippen molar-refractivity contribution >= 4 is 21.7 Å². The van der Waals surface area contributed by atoms with Crippen molar-refractivity contribution in [3.8, 4) is 0 Å². The van der Waals surface area contributed by atoms with Gasteiger partial charge in [0.25, 0.3) is 0 Å². The topological polar surface area (TPSA) is 19.4 Å². The highest BCUT2D eigenvalue weighted by Gasteiger charge is 2.17. The first kappa shape index (κ1) is 14.5. The van der Waals surface area contributed by atoms with Crippen molar-refractivity contribution in [3.05, 3.63) is 22.3 Å². The van der Waals surface area contributed by atoms with Crippen LogP contribution in [0.4, 0.5) is 5.82 Å². The van der Waals surface area contributed by atoms with Crippen LogP contribution in [0.1, 0.15) is 19.4 Å². The fourth-order valence-electron chi connectivity index (χ4n) is 2.03. The Kier molecular flexibility index (Phi) is 5.40. The van der Waals surface area contributed by atoms with Crippen LogP contribution in [0.15, 0.2) is 16.7 Å². The van der Waals surface area contributed by atoms with E-state index in [0.717, 1.165) is 23.4 Å². The summed E-state index contributed by atoms with van der Waals surface area (Å²) in [6.07, 6.45) is 1.92. The van der Waals surface area contributed by atoms with Gasteiger partial charge in [0.15, 0.2) is 0 Å². The number of hydrogen-bond donors (Lipinski definition) is 0. The highest BCUT2D eigenvalue weighted by Crippen LogP contribution is 2.25. The van der Waals surface area contributed by atoms with E-state index in [1.165, 1.54) is 5.56 Å². The van der Waals surface area contributed by atoms with Crippen LogP contribution in [-0.2, 0) is 0 Å². The minimum absolute atomic E-state index is 0.446. The lowest BCUT2D eigenvalue weighted by Crippen LogP contribution is -2.40. The molecule has 3 nitrogen and oxygen atoms in total. The summed E-state index contributed by atoms with van der Waals surface area (Å²) in [5.74, 6) is 1.03. The molecule has 0 N–H and O–H groups in total. The Morgan fingerprint density at radius 2 is 2.06 bits per heavy atom. The number of rotatable bonds is 5. The van der Waals surface area contributed by atoms with Crippen LogP contribution in [0.25, 0.3) is 0 Å². The second-order valence-electron chi connectivity index (χ2n) is 4.72. The van der Waals surface area contributed by atoms with Crippen molar-refractivity contribution in [2.45, 2.75) is 26.8 Å². The van der Waals surface area contributed by atoms with E-state index in [9.17, 15) is 0 Å². The van der Waals surface area contributed by atoms with Gasteiger partial charge in [0.05, 0.1) is 4.47 Å². The third-order valence-corrected chi connectivity index (χ3v) is 3.32. The summed E-state index contributed by atoms with van der Waals surface area (Å²) in [7, 11) is 4.20. The van der Waals surface area contributed by atoms with Gasteiger partial charge in [-0.1, -0.05) is 0 Å². The van der Waals surface area contributed by atoms with E-state index in [-0.39, 0.29) is 0 Å². The maximum atomic E-state index is 4.54. The molecule has 0 aliphatic carbocycles. The zero-order valence-electron chi connectivity index (χ0n) is 11.4. The van der Waals surface area contributed by atoms with Gasteiger partial charge in [-0.15, -0.1) is 0 Å². The van der Waals surface area contributed by atoms with E-state index < -0.39 is 0 Å². The number of aromatic nitrogens is 1. The molecule has 0 aliphatic heterocycles. The molecule has 1 atom stereocenters. The molecule has 0 saturated carbocycles. The molecule has 0 fully saturated rings. The predicted molar refractivity (Wildman–Crippen MR) is 77.7 cm³/mol. The maximum Gasteiger partial charge on any atom is 0.143 e. The van der Waals surface area contributed by atoms with E-state index in [1.54, 1.807) is 0 Å². The smallest absolute Gasteiger partial charge is 0.143 e. The second-order valence-corrected chi connectivity index (χ2v) is 5.57. The number of halogens is 1. The number of likely N-dealkylation sites (N-methyl/N-ethyl adjacent to an activating group) is 2. The fourth-order valence-corrected chi connectivity index (χ4v) is 2.73. The maximum absolute atomic E-state index is 4.54. The van der Waals surface area contributed by atoms with Crippen molar-refractivity contribution in [3.63, 3.8) is 0 Å². The summed E-state index contributed by atoms with van der Waals surface area (Å²) in [5, 5.41) is 0. The summed E-state index contributed by atoms with van der Waals surface area (Å²) in [4.78, 5) is 9.06. The Morgan fingerprint density at radius 3 is 2.53 bits per heavy atom. The van der Waals surface area contributed by atoms with Gasteiger partial charge in [-0.05, 0) is 62.4 Å². The largest absolute Gasteiger partial charge is 0.352 e. The molecule has 96 valence electrons. The summed E-state index contributed by atoms with van der Waals surface area (Å²) >= 11 is 3.61. The molecule has 0 radical (unpaired) electrons. The van der Waals surface area contributed by atoms with E-state index >= 15 is 0 Å². The molecule has 4 heteroatoms. The summed E-state index contributed by atoms with van der Waals surface area (Å²) in [6, 6.07) is 2.56. The third-order valence-electron chi connectivity index (χ3n) is 2.73. The van der Waals surface area contributed by atoms with Gasteiger partial charge in [0.2, 0.25) is 0 Å². The zero-order chi connectivity index (χ0) is 13.0. The molecule has 0 aliphatic rings. The standard InChI is InChI=1S/C13H22BrN3/c1-6-17(11(3)9-16(4)5)13-12(14)7-10(2)8-15-13/h7-8,11H,6,9H2,1-5H3. The first-order valence-electron chi connectivity index (χ1n) is 5.99. The molecule has 0 aromatic carbocycles. The number of pyridine rings is 1. The van der Waals surface area contributed by atoms with Crippen molar-refractivity contribution in [2.75, 3.05) is 32.1 Å². The van der Waals surface area contributed by atoms with Crippen molar-refractivity contribution in [2.24, 2.45) is 0 Å². The van der Waals surface area contributed by atoms with E-state index in [4.69, 9.17) is 0 Å². The van der Waals surface area contributed by atoms with Crippen LogP contribution in [0.3, 0.4) is 0 Å². The molecular formula is C13H22BrN3. The van der Waals surface area contributed by atoms with Crippen LogP contribution in [0.5, 0.6) is 0 Å². The molecule has 1 unspecified atom stereocenters. The van der Waals surface area contributed by atoms with Gasteiger partial charge in [-0.2, -0.15) is 0 Å². The number of anilines is 1. The van der Waals surface area contributed by atoms with E-state index in [0.29, 0.717) is 6.04 Å². The van der Waals surface area contributed by atoms with Crippen LogP contribution in [-0.4, -0.2) is 43.1 Å². The lowest BCUT2D eigenvalue weighted by molar-refractivity contribution is 0.372. The quantitative estimate of drug-likeness (QED) is 0.833. The minimum atomic E-state index is 0.446. The molecule has 17 heavy (non-hydrogen) atoms. The van der Waals surface area contributed by atoms with Gasteiger partial charge in [0, 0.05) is 25.3 Å². The third kappa shape index (κ3) is 3.96. The average molecular weight is 300 g/mol. The first-order valence-corrected chi connectivity index (χ1v) is 6.78. The van der Waals surface area contributed by atoms with Crippen LogP contribution >= 0.6 is 15.9 Å². The van der Waals surface area contributed by atoms with Gasteiger partial charge in [-0.3, -0.25) is 0 Å². The highest BCUT2D eigenvalue weighted by atomic mass is 79.9. The first-order chi connectivity index (χ1) is 7.95. The second kappa shape index (κ2) is 6.36. The zero-order valence-corrected chi connectivity index (χ0v) is 13.0. The summed E-state index contributed by atoms with van der Waals surface area (Å²) in [6.45, 7) is 8.44. The predicted octanol–water partition coefficient (Wildman–Crippen LogP) is 2.93. The molecule has 1 rings (SSSR count). The number of hydrogen-bond acceptors (Lipinski definition) is 3. The Balaban J connectivity index is 2.93. The summed E-state index contributed by atoms with van der Waals surface area (Å²) in [5.41, 5.74) is 1.18. The molecule has 1 aromatic rings. The molecule has 0 spiro atoms. The summed E-state index contributed by atoms with van der Waals surface area (Å²) < 4.78 is 1.07. The normalized spacial score (nSPS) is 12.9. The van der Waals surface area contributed by atoms with Crippen LogP contribution in [0, 0.1) is 6.92 Å². The van der Waals surface area contributed by atoms with E-state index in [2.05, 4.69) is 71.6 Å². The minimum Gasteiger partial charge on any atom is -0.352 e.